The molecule has 0 saturated carbocycles. The molecular weight excluding hydrogens is 292 g/mol. The van der Waals surface area contributed by atoms with Crippen LogP contribution in [0.3, 0.4) is 0 Å². The molecule has 0 heterocycles. The molecule has 0 saturated heterocycles. The van der Waals surface area contributed by atoms with Crippen LogP contribution in [0.15, 0.2) is 18.2 Å². The Balaban J connectivity index is 2.85. The lowest BCUT2D eigenvalue weighted by Gasteiger charge is -2.14. The minimum Gasteiger partial charge on any atom is -0.349 e. The zero-order valence-corrected chi connectivity index (χ0v) is 12.9. The van der Waals surface area contributed by atoms with Gasteiger partial charge in [0.1, 0.15) is 11.3 Å². The van der Waals surface area contributed by atoms with Crippen LogP contribution in [0.25, 0.3) is 0 Å². The van der Waals surface area contributed by atoms with Gasteiger partial charge in [-0.15, -0.1) is 0 Å². The molecule has 1 aromatic carbocycles. The summed E-state index contributed by atoms with van der Waals surface area (Å²) in [6.45, 7) is 3.95. The van der Waals surface area contributed by atoms with Crippen LogP contribution < -0.4 is 16.6 Å². The second kappa shape index (κ2) is 8.48. The van der Waals surface area contributed by atoms with Crippen molar-refractivity contribution in [1.29, 1.82) is 0 Å². The third-order valence-corrected chi connectivity index (χ3v) is 3.83. The van der Waals surface area contributed by atoms with E-state index in [1.165, 1.54) is 12.1 Å². The summed E-state index contributed by atoms with van der Waals surface area (Å²) in [5.41, 5.74) is 2.05. The van der Waals surface area contributed by atoms with Gasteiger partial charge in [0.25, 0.3) is 5.91 Å². The predicted molar refractivity (Wildman–Crippen MR) is 85.5 cm³/mol. The van der Waals surface area contributed by atoms with Crippen molar-refractivity contribution >= 4 is 29.0 Å². The number of thioether (sulfide) groups is 1. The molecule has 1 rings (SSSR count). The molecule has 0 aliphatic heterocycles. The predicted octanol–water partition coefficient (Wildman–Crippen LogP) is 2.14. The first-order valence-corrected chi connectivity index (χ1v) is 7.79. The molecule has 1 amide bonds. The highest BCUT2D eigenvalue weighted by atomic mass is 32.2. The normalized spacial score (nSPS) is 11.8. The minimum absolute atomic E-state index is 0.00504. The molecule has 8 heteroatoms. The second-order valence-corrected chi connectivity index (χ2v) is 5.86. The van der Waals surface area contributed by atoms with E-state index in [2.05, 4.69) is 17.7 Å². The van der Waals surface area contributed by atoms with E-state index in [1.54, 1.807) is 17.8 Å². The Labute approximate surface area is 127 Å². The number of nitrogens with one attached hydrogen (secondary N) is 2. The number of nitrogens with zero attached hydrogens (tertiary/aromatic N) is 1. The number of para-hydroxylation sites is 1. The number of nitrogens with two attached hydrogens (primary N) is 1. The van der Waals surface area contributed by atoms with Gasteiger partial charge in [-0.3, -0.25) is 20.8 Å². The first-order chi connectivity index (χ1) is 10.0. The highest BCUT2D eigenvalue weighted by molar-refractivity contribution is 7.99. The highest BCUT2D eigenvalue weighted by Gasteiger charge is 2.24. The van der Waals surface area contributed by atoms with Gasteiger partial charge in [-0.05, 0) is 37.0 Å². The fourth-order valence-electron chi connectivity index (χ4n) is 1.82. The maximum Gasteiger partial charge on any atom is 0.306 e. The molecule has 0 spiro atoms. The fourth-order valence-corrected chi connectivity index (χ4v) is 2.63. The summed E-state index contributed by atoms with van der Waals surface area (Å²) in [6.07, 6.45) is 0.812. The smallest absolute Gasteiger partial charge is 0.306 e. The van der Waals surface area contributed by atoms with Gasteiger partial charge in [0.05, 0.1) is 4.92 Å². The third-order valence-electron chi connectivity index (χ3n) is 2.90. The molecule has 1 atom stereocenters. The quantitative estimate of drug-likeness (QED) is 0.293. The summed E-state index contributed by atoms with van der Waals surface area (Å²) in [5.74, 6) is 6.74. The molecule has 1 unspecified atom stereocenters. The van der Waals surface area contributed by atoms with Crippen LogP contribution in [-0.2, 0) is 0 Å². The average Bonchev–Trinajstić information content (AvgIpc) is 2.46. The Morgan fingerprint density at radius 1 is 1.52 bits per heavy atom. The van der Waals surface area contributed by atoms with Crippen molar-refractivity contribution in [3.63, 3.8) is 0 Å². The Bertz CT molecular complexity index is 510. The SMILES string of the molecule is CCSCCC(C)NC(=O)c1cccc(NN)c1[N+](=O)[O-]. The maximum atomic E-state index is 12.2. The van der Waals surface area contributed by atoms with Crippen molar-refractivity contribution in [2.24, 2.45) is 5.84 Å². The van der Waals surface area contributed by atoms with Crippen LogP contribution in [0.4, 0.5) is 11.4 Å². The maximum absolute atomic E-state index is 12.2. The number of hydrogen-bond donors (Lipinski definition) is 3. The number of rotatable bonds is 8. The van der Waals surface area contributed by atoms with E-state index < -0.39 is 10.8 Å². The minimum atomic E-state index is -0.609. The van der Waals surface area contributed by atoms with Crippen molar-refractivity contribution in [3.8, 4) is 0 Å². The number of nitro benzene ring substituents is 1. The fraction of sp³-hybridized carbons (Fsp3) is 0.462. The van der Waals surface area contributed by atoms with E-state index in [9.17, 15) is 14.9 Å². The highest BCUT2D eigenvalue weighted by Crippen LogP contribution is 2.27. The van der Waals surface area contributed by atoms with Gasteiger partial charge in [0.15, 0.2) is 0 Å². The molecule has 0 radical (unpaired) electrons. The first-order valence-electron chi connectivity index (χ1n) is 6.63. The zero-order chi connectivity index (χ0) is 15.8. The summed E-state index contributed by atoms with van der Waals surface area (Å²) in [5, 5.41) is 13.9. The molecule has 4 N–H and O–H groups in total. The Morgan fingerprint density at radius 2 is 2.24 bits per heavy atom. The average molecular weight is 312 g/mol. The van der Waals surface area contributed by atoms with Crippen molar-refractivity contribution in [2.45, 2.75) is 26.3 Å². The standard InChI is InChI=1S/C13H20N4O3S/c1-3-21-8-7-9(2)15-13(18)10-5-4-6-11(16-14)12(10)17(19)20/h4-6,9,16H,3,7-8,14H2,1-2H3,(H,15,18). The molecule has 7 nitrogen and oxygen atoms in total. The number of hydrazine groups is 1. The molecule has 0 aliphatic carbocycles. The summed E-state index contributed by atoms with van der Waals surface area (Å²) in [6, 6.07) is 4.37. The van der Waals surface area contributed by atoms with Crippen LogP contribution in [0.2, 0.25) is 0 Å². The number of hydrogen-bond acceptors (Lipinski definition) is 6. The van der Waals surface area contributed by atoms with E-state index in [4.69, 9.17) is 5.84 Å². The number of benzene rings is 1. The van der Waals surface area contributed by atoms with Gasteiger partial charge in [-0.25, -0.2) is 0 Å². The number of carbonyl (C=O) groups excluding carboxylic acids is 1. The number of anilines is 1. The van der Waals surface area contributed by atoms with E-state index in [0.717, 1.165) is 17.9 Å². The monoisotopic (exact) mass is 312 g/mol. The van der Waals surface area contributed by atoms with Gasteiger partial charge in [0.2, 0.25) is 0 Å². The molecule has 0 aromatic heterocycles. The topological polar surface area (TPSA) is 110 Å². The van der Waals surface area contributed by atoms with Crippen LogP contribution in [-0.4, -0.2) is 28.4 Å². The zero-order valence-electron chi connectivity index (χ0n) is 12.1. The molecule has 116 valence electrons. The number of nitrogen functional groups attached to an aromatic ring is 1. The van der Waals surface area contributed by atoms with Gasteiger partial charge >= 0.3 is 5.69 Å². The van der Waals surface area contributed by atoms with Crippen LogP contribution in [0, 0.1) is 10.1 Å². The second-order valence-electron chi connectivity index (χ2n) is 4.46. The lowest BCUT2D eigenvalue weighted by Crippen LogP contribution is -2.33. The number of nitro groups is 1. The van der Waals surface area contributed by atoms with E-state index >= 15 is 0 Å². The lowest BCUT2D eigenvalue weighted by atomic mass is 10.1. The molecule has 21 heavy (non-hydrogen) atoms. The van der Waals surface area contributed by atoms with Gasteiger partial charge in [0, 0.05) is 6.04 Å². The summed E-state index contributed by atoms with van der Waals surface area (Å²) in [7, 11) is 0. The van der Waals surface area contributed by atoms with Crippen LogP contribution in [0.5, 0.6) is 0 Å². The van der Waals surface area contributed by atoms with Gasteiger partial charge < -0.3 is 10.7 Å². The van der Waals surface area contributed by atoms with Crippen LogP contribution >= 0.6 is 11.8 Å². The van der Waals surface area contributed by atoms with Crippen molar-refractivity contribution in [3.05, 3.63) is 33.9 Å². The molecule has 1 aromatic rings. The third kappa shape index (κ3) is 4.91. The van der Waals surface area contributed by atoms with E-state index in [-0.39, 0.29) is 23.0 Å². The van der Waals surface area contributed by atoms with E-state index in [1.807, 2.05) is 6.92 Å². The molecule has 0 bridgehead atoms. The molecule has 0 fully saturated rings. The van der Waals surface area contributed by atoms with Crippen LogP contribution in [0.1, 0.15) is 30.6 Å². The largest absolute Gasteiger partial charge is 0.349 e. The van der Waals surface area contributed by atoms with E-state index in [0.29, 0.717) is 0 Å². The first kappa shape index (κ1) is 17.3. The lowest BCUT2D eigenvalue weighted by molar-refractivity contribution is -0.384. The summed E-state index contributed by atoms with van der Waals surface area (Å²) in [4.78, 5) is 22.7. The summed E-state index contributed by atoms with van der Waals surface area (Å²) < 4.78 is 0. The number of carbonyl (C=O) groups is 1. The Kier molecular flexibility index (Phi) is 6.97. The Morgan fingerprint density at radius 3 is 2.81 bits per heavy atom. The van der Waals surface area contributed by atoms with Gasteiger partial charge in [-0.2, -0.15) is 11.8 Å². The molecule has 0 aliphatic rings. The van der Waals surface area contributed by atoms with Crippen molar-refractivity contribution in [1.82, 2.24) is 5.32 Å². The molecular formula is C13H20N4O3S. The van der Waals surface area contributed by atoms with Gasteiger partial charge in [-0.1, -0.05) is 13.0 Å². The Hall–Kier alpha value is -1.80. The summed E-state index contributed by atoms with van der Waals surface area (Å²) >= 11 is 1.79. The van der Waals surface area contributed by atoms with Crippen molar-refractivity contribution < 1.29 is 9.72 Å². The van der Waals surface area contributed by atoms with Crippen molar-refractivity contribution in [2.75, 3.05) is 16.9 Å². The number of amides is 1.